The van der Waals surface area contributed by atoms with Crippen molar-refractivity contribution in [3.63, 3.8) is 0 Å². The SMILES string of the molecule is CCOC(=O)C1=C(CCC2CCCCCC3CC(=O)N(CC4CC(C(=O)O)C4)CC3C2)CCCC(c2nccs2)=NC1c1cccc(F)c1Cl. The number of carbonyl (C=O) groups is 3. The van der Waals surface area contributed by atoms with Crippen LogP contribution in [0.25, 0.3) is 0 Å². The van der Waals surface area contributed by atoms with E-state index in [0.717, 1.165) is 74.2 Å². The van der Waals surface area contributed by atoms with Crippen molar-refractivity contribution in [2.24, 2.45) is 34.6 Å². The predicted molar refractivity (Wildman–Crippen MR) is 193 cm³/mol. The molecular weight excluding hydrogens is 677 g/mol. The summed E-state index contributed by atoms with van der Waals surface area (Å²) in [5.41, 5.74) is 2.70. The van der Waals surface area contributed by atoms with E-state index in [9.17, 15) is 23.9 Å². The quantitative estimate of drug-likeness (QED) is 0.245. The van der Waals surface area contributed by atoms with E-state index in [-0.39, 0.29) is 29.4 Å². The number of likely N-dealkylation sites (tertiary alicyclic amines) is 1. The number of halogens is 2. The number of aliphatic imine (C=N–C) groups is 1. The molecule has 50 heavy (non-hydrogen) atoms. The molecule has 2 aliphatic carbocycles. The molecule has 6 rings (SSSR count). The highest BCUT2D eigenvalue weighted by Gasteiger charge is 2.40. The summed E-state index contributed by atoms with van der Waals surface area (Å²) in [6.07, 6.45) is 14.1. The fourth-order valence-corrected chi connectivity index (χ4v) is 9.62. The predicted octanol–water partition coefficient (Wildman–Crippen LogP) is 8.84. The first kappa shape index (κ1) is 36.7. The number of thiazole rings is 1. The lowest BCUT2D eigenvalue weighted by Gasteiger charge is -2.43. The molecule has 4 unspecified atom stereocenters. The Labute approximate surface area is 303 Å². The molecule has 1 aromatic heterocycles. The van der Waals surface area contributed by atoms with Crippen molar-refractivity contribution in [3.05, 3.63) is 62.3 Å². The second-order valence-electron chi connectivity index (χ2n) is 14.7. The number of rotatable bonds is 10. The number of allylic oxidation sites excluding steroid dienone is 1. The van der Waals surface area contributed by atoms with Gasteiger partial charge >= 0.3 is 11.9 Å². The Morgan fingerprint density at radius 3 is 2.66 bits per heavy atom. The van der Waals surface area contributed by atoms with Crippen LogP contribution >= 0.6 is 22.9 Å². The van der Waals surface area contributed by atoms with Gasteiger partial charge in [0.15, 0.2) is 0 Å². The summed E-state index contributed by atoms with van der Waals surface area (Å²) in [5.74, 6) is -0.280. The summed E-state index contributed by atoms with van der Waals surface area (Å²) in [5, 5.41) is 12.0. The highest BCUT2D eigenvalue weighted by Crippen LogP contribution is 2.43. The summed E-state index contributed by atoms with van der Waals surface area (Å²) >= 11 is 8.10. The minimum atomic E-state index is -0.818. The number of nitrogens with zero attached hydrogens (tertiary/aromatic N) is 3. The van der Waals surface area contributed by atoms with Crippen molar-refractivity contribution < 1.29 is 28.6 Å². The molecule has 3 heterocycles. The smallest absolute Gasteiger partial charge is 0.336 e. The van der Waals surface area contributed by atoms with Crippen LogP contribution in [0.1, 0.15) is 113 Å². The number of piperidine rings is 1. The lowest BCUT2D eigenvalue weighted by molar-refractivity contribution is -0.148. The van der Waals surface area contributed by atoms with Gasteiger partial charge in [-0.1, -0.05) is 55.0 Å². The molecule has 0 spiro atoms. The first-order valence-corrected chi connectivity index (χ1v) is 19.8. The maximum atomic E-state index is 14.9. The Morgan fingerprint density at radius 2 is 1.90 bits per heavy atom. The van der Waals surface area contributed by atoms with Crippen LogP contribution in [0.4, 0.5) is 4.39 Å². The molecule has 1 aromatic carbocycles. The van der Waals surface area contributed by atoms with Gasteiger partial charge in [-0.2, -0.15) is 0 Å². The van der Waals surface area contributed by atoms with E-state index in [1.807, 2.05) is 10.3 Å². The molecule has 270 valence electrons. The van der Waals surface area contributed by atoms with Crippen LogP contribution in [0.5, 0.6) is 0 Å². The molecule has 3 fully saturated rings. The third-order valence-electron chi connectivity index (χ3n) is 11.4. The summed E-state index contributed by atoms with van der Waals surface area (Å²) in [4.78, 5) is 50.2. The van der Waals surface area contributed by atoms with Gasteiger partial charge in [-0.3, -0.25) is 14.6 Å². The molecule has 8 nitrogen and oxygen atoms in total. The first-order valence-electron chi connectivity index (χ1n) is 18.5. The lowest BCUT2D eigenvalue weighted by Crippen LogP contribution is -2.49. The van der Waals surface area contributed by atoms with E-state index in [0.29, 0.717) is 74.0 Å². The average molecular weight is 726 g/mol. The maximum absolute atomic E-state index is 14.9. The largest absolute Gasteiger partial charge is 0.481 e. The van der Waals surface area contributed by atoms with Gasteiger partial charge in [-0.25, -0.2) is 14.2 Å². The minimum Gasteiger partial charge on any atom is -0.481 e. The normalized spacial score (nSPS) is 27.9. The Bertz CT molecular complexity index is 1590. The van der Waals surface area contributed by atoms with E-state index in [1.54, 1.807) is 25.3 Å². The fourth-order valence-electron chi connectivity index (χ4n) is 8.73. The molecule has 2 saturated carbocycles. The van der Waals surface area contributed by atoms with Gasteiger partial charge < -0.3 is 14.7 Å². The molecule has 11 heteroatoms. The van der Waals surface area contributed by atoms with Crippen LogP contribution in [-0.2, 0) is 19.1 Å². The zero-order valence-electron chi connectivity index (χ0n) is 29.0. The number of esters is 1. The number of carboxylic acids is 1. The summed E-state index contributed by atoms with van der Waals surface area (Å²) in [6.45, 7) is 3.41. The van der Waals surface area contributed by atoms with Crippen molar-refractivity contribution in [1.82, 2.24) is 9.88 Å². The molecule has 4 aliphatic rings. The number of carbonyl (C=O) groups excluding carboxylic acids is 2. The Kier molecular flexibility index (Phi) is 12.4. The van der Waals surface area contributed by atoms with Crippen molar-refractivity contribution >= 4 is 46.5 Å². The maximum Gasteiger partial charge on any atom is 0.336 e. The molecule has 1 N–H and O–H groups in total. The van der Waals surface area contributed by atoms with Crippen LogP contribution in [0.15, 0.2) is 45.9 Å². The summed E-state index contributed by atoms with van der Waals surface area (Å²) in [7, 11) is 0. The van der Waals surface area contributed by atoms with Crippen LogP contribution in [0, 0.1) is 35.4 Å². The second kappa shape index (κ2) is 16.9. The molecule has 2 aromatic rings. The Balaban J connectivity index is 1.26. The Hall–Kier alpha value is -3.11. The van der Waals surface area contributed by atoms with Crippen LogP contribution in [0.2, 0.25) is 5.02 Å². The van der Waals surface area contributed by atoms with Gasteiger partial charge in [0.1, 0.15) is 16.9 Å². The van der Waals surface area contributed by atoms with Crippen LogP contribution < -0.4 is 0 Å². The second-order valence-corrected chi connectivity index (χ2v) is 16.0. The number of aromatic nitrogens is 1. The number of amides is 1. The van der Waals surface area contributed by atoms with E-state index < -0.39 is 23.8 Å². The van der Waals surface area contributed by atoms with Gasteiger partial charge in [-0.05, 0) is 94.4 Å². The van der Waals surface area contributed by atoms with Gasteiger partial charge in [0.05, 0.1) is 28.8 Å². The van der Waals surface area contributed by atoms with Gasteiger partial charge in [0.25, 0.3) is 0 Å². The third kappa shape index (κ3) is 8.67. The third-order valence-corrected chi connectivity index (χ3v) is 12.7. The first-order chi connectivity index (χ1) is 24.2. The zero-order valence-corrected chi connectivity index (χ0v) is 30.5. The van der Waals surface area contributed by atoms with Crippen molar-refractivity contribution in [3.8, 4) is 0 Å². The van der Waals surface area contributed by atoms with Crippen molar-refractivity contribution in [2.45, 2.75) is 103 Å². The number of hydrogen-bond donors (Lipinski definition) is 1. The Morgan fingerprint density at radius 1 is 1.08 bits per heavy atom. The van der Waals surface area contributed by atoms with E-state index in [4.69, 9.17) is 21.3 Å². The molecule has 0 radical (unpaired) electrons. The molecule has 1 saturated heterocycles. The highest BCUT2D eigenvalue weighted by atomic mass is 35.5. The highest BCUT2D eigenvalue weighted by molar-refractivity contribution is 7.11. The van der Waals surface area contributed by atoms with Gasteiger partial charge in [-0.15, -0.1) is 11.3 Å². The monoisotopic (exact) mass is 725 g/mol. The molecule has 0 bridgehead atoms. The molecule has 2 aliphatic heterocycles. The van der Waals surface area contributed by atoms with E-state index in [1.165, 1.54) is 17.4 Å². The van der Waals surface area contributed by atoms with Crippen molar-refractivity contribution in [2.75, 3.05) is 19.7 Å². The van der Waals surface area contributed by atoms with Crippen molar-refractivity contribution in [1.29, 1.82) is 0 Å². The van der Waals surface area contributed by atoms with E-state index >= 15 is 0 Å². The standard InChI is InChI=1S/C39H49ClFN3O5S/c1-2-49-39(48)34-26(10-6-13-32(37-42-16-17-50-37)43-36(34)30-11-7-12-31(41)35(30)40)15-14-24-8-4-3-5-9-27-21-33(45)44(23-29(27)18-24)22-25-19-28(20-25)38(46)47/h7,11-12,16-17,24-25,27-29,36H,2-6,8-10,13-15,18-23H2,1H3,(H,46,47). The number of hydrogen-bond acceptors (Lipinski definition) is 7. The fraction of sp³-hybridized carbons (Fsp3) is 0.615. The number of ether oxygens (including phenoxy) is 1. The number of aliphatic carboxylic acids is 1. The lowest BCUT2D eigenvalue weighted by atomic mass is 9.73. The number of fused-ring (bicyclic) bond motifs is 1. The zero-order chi connectivity index (χ0) is 35.2. The van der Waals surface area contributed by atoms with Gasteiger partial charge in [0, 0.05) is 36.7 Å². The van der Waals surface area contributed by atoms with Gasteiger partial charge in [0.2, 0.25) is 5.91 Å². The summed E-state index contributed by atoms with van der Waals surface area (Å²) in [6, 6.07) is 3.86. The summed E-state index contributed by atoms with van der Waals surface area (Å²) < 4.78 is 20.6. The number of carboxylic acid groups (broad SMARTS) is 1. The molecule has 1 amide bonds. The number of benzene rings is 1. The molecule has 4 atom stereocenters. The van der Waals surface area contributed by atoms with E-state index in [2.05, 4.69) is 4.98 Å². The van der Waals surface area contributed by atoms with Crippen LogP contribution in [-0.4, -0.2) is 58.2 Å². The minimum absolute atomic E-state index is 0.0412. The topological polar surface area (TPSA) is 109 Å². The average Bonchev–Trinajstić information content (AvgIpc) is 3.61. The molecular formula is C39H49ClFN3O5S. The van der Waals surface area contributed by atoms with Crippen LogP contribution in [0.3, 0.4) is 0 Å².